The highest BCUT2D eigenvalue weighted by Gasteiger charge is 2.07. The minimum atomic E-state index is 0.569. The number of hydrogen-bond donors (Lipinski definition) is 0. The number of nitriles is 1. The quantitative estimate of drug-likeness (QED) is 0.568. The fourth-order valence-electron chi connectivity index (χ4n) is 0.748. The molecule has 0 saturated carbocycles. The van der Waals surface area contributed by atoms with E-state index < -0.39 is 0 Å². The fourth-order valence-corrected chi connectivity index (χ4v) is 0.748. The van der Waals surface area contributed by atoms with Crippen LogP contribution in [0.15, 0.2) is 0 Å². The lowest BCUT2D eigenvalue weighted by atomic mass is 9.91. The minimum absolute atomic E-state index is 0.569. The maximum atomic E-state index is 8.33. The lowest BCUT2D eigenvalue weighted by molar-refractivity contribution is 0.383. The largest absolute Gasteiger partial charge is 0.198 e. The number of nitrogens with zero attached hydrogens (tertiary/aromatic N) is 1. The first-order valence-corrected chi connectivity index (χ1v) is 3.59. The highest BCUT2D eigenvalue weighted by molar-refractivity contribution is 4.75. The molecule has 0 amide bonds. The van der Waals surface area contributed by atoms with E-state index >= 15 is 0 Å². The molecule has 0 bridgehead atoms. The molecule has 0 aliphatic rings. The van der Waals surface area contributed by atoms with Crippen LogP contribution in [-0.4, -0.2) is 0 Å². The highest BCUT2D eigenvalue weighted by atomic mass is 14.2. The van der Waals surface area contributed by atoms with Crippen LogP contribution in [0.25, 0.3) is 0 Å². The summed E-state index contributed by atoms with van der Waals surface area (Å²) in [6.07, 6.45) is 1.89. The van der Waals surface area contributed by atoms with Gasteiger partial charge in [0.2, 0.25) is 0 Å². The van der Waals surface area contributed by atoms with Crippen molar-refractivity contribution >= 4 is 0 Å². The third kappa shape index (κ3) is 3.13. The molecule has 0 aromatic carbocycles. The van der Waals surface area contributed by atoms with E-state index in [2.05, 4.69) is 26.8 Å². The smallest absolute Gasteiger partial charge is 0.0624 e. The molecule has 52 valence electrons. The summed E-state index contributed by atoms with van der Waals surface area (Å²) in [5, 5.41) is 8.33. The van der Waals surface area contributed by atoms with Gasteiger partial charge in [0.1, 0.15) is 0 Å². The van der Waals surface area contributed by atoms with E-state index in [0.717, 1.165) is 0 Å². The van der Waals surface area contributed by atoms with Gasteiger partial charge in [-0.25, -0.2) is 0 Å². The van der Waals surface area contributed by atoms with Crippen molar-refractivity contribution in [2.24, 2.45) is 11.8 Å². The Bertz CT molecular complexity index is 102. The van der Waals surface area contributed by atoms with Gasteiger partial charge in [-0.3, -0.25) is 0 Å². The molecule has 2 unspecified atom stereocenters. The summed E-state index contributed by atoms with van der Waals surface area (Å²) in [6.45, 7) is 6.50. The third-order valence-corrected chi connectivity index (χ3v) is 2.03. The van der Waals surface area contributed by atoms with Crippen LogP contribution in [0.1, 0.15) is 33.6 Å². The standard InChI is InChI=1S/C8H15N/c1-4-7(2)8(3)5-6-9/h7-8H,4-5H2,1-3H3. The lowest BCUT2D eigenvalue weighted by Crippen LogP contribution is -2.05. The molecule has 1 heteroatoms. The molecule has 0 aliphatic carbocycles. The van der Waals surface area contributed by atoms with E-state index in [1.165, 1.54) is 6.42 Å². The van der Waals surface area contributed by atoms with Crippen LogP contribution in [0.3, 0.4) is 0 Å². The van der Waals surface area contributed by atoms with Gasteiger partial charge >= 0.3 is 0 Å². The van der Waals surface area contributed by atoms with Gasteiger partial charge in [-0.05, 0) is 11.8 Å². The van der Waals surface area contributed by atoms with Crippen LogP contribution >= 0.6 is 0 Å². The van der Waals surface area contributed by atoms with Gasteiger partial charge in [0.15, 0.2) is 0 Å². The molecular formula is C8H15N. The third-order valence-electron chi connectivity index (χ3n) is 2.03. The normalized spacial score (nSPS) is 16.2. The second-order valence-corrected chi connectivity index (χ2v) is 2.73. The summed E-state index contributed by atoms with van der Waals surface area (Å²) in [6, 6.07) is 2.18. The fraction of sp³-hybridized carbons (Fsp3) is 0.875. The molecule has 0 aromatic heterocycles. The zero-order chi connectivity index (χ0) is 7.28. The summed E-state index contributed by atoms with van der Waals surface area (Å²) in [5.74, 6) is 1.27. The second kappa shape index (κ2) is 4.38. The van der Waals surface area contributed by atoms with Crippen molar-refractivity contribution in [1.29, 1.82) is 5.26 Å². The zero-order valence-corrected chi connectivity index (χ0v) is 6.52. The van der Waals surface area contributed by atoms with Crippen molar-refractivity contribution in [3.63, 3.8) is 0 Å². The molecule has 1 nitrogen and oxygen atoms in total. The van der Waals surface area contributed by atoms with Gasteiger partial charge in [-0.15, -0.1) is 0 Å². The predicted molar refractivity (Wildman–Crippen MR) is 38.8 cm³/mol. The van der Waals surface area contributed by atoms with Crippen LogP contribution < -0.4 is 0 Å². The second-order valence-electron chi connectivity index (χ2n) is 2.73. The predicted octanol–water partition coefficient (Wildman–Crippen LogP) is 2.58. The van der Waals surface area contributed by atoms with Crippen molar-refractivity contribution in [1.82, 2.24) is 0 Å². The first kappa shape index (κ1) is 8.49. The average molecular weight is 125 g/mol. The topological polar surface area (TPSA) is 23.8 Å². The molecule has 2 atom stereocenters. The lowest BCUT2D eigenvalue weighted by Gasteiger charge is -2.13. The molecule has 0 aliphatic heterocycles. The van der Waals surface area contributed by atoms with Gasteiger partial charge in [-0.2, -0.15) is 5.26 Å². The molecule has 0 rings (SSSR count). The van der Waals surface area contributed by atoms with Crippen molar-refractivity contribution in [2.75, 3.05) is 0 Å². The van der Waals surface area contributed by atoms with Crippen molar-refractivity contribution in [2.45, 2.75) is 33.6 Å². The first-order valence-electron chi connectivity index (χ1n) is 3.59. The Labute approximate surface area is 57.7 Å². The summed E-state index contributed by atoms with van der Waals surface area (Å²) in [4.78, 5) is 0. The van der Waals surface area contributed by atoms with Crippen LogP contribution in [0.5, 0.6) is 0 Å². The molecular weight excluding hydrogens is 110 g/mol. The van der Waals surface area contributed by atoms with Gasteiger partial charge in [-0.1, -0.05) is 27.2 Å². The number of rotatable bonds is 3. The van der Waals surface area contributed by atoms with Crippen LogP contribution in [0.2, 0.25) is 0 Å². The Morgan fingerprint density at radius 3 is 2.22 bits per heavy atom. The zero-order valence-electron chi connectivity index (χ0n) is 6.52. The molecule has 0 saturated heterocycles. The molecule has 9 heavy (non-hydrogen) atoms. The van der Waals surface area contributed by atoms with Gasteiger partial charge in [0.25, 0.3) is 0 Å². The van der Waals surface area contributed by atoms with Gasteiger partial charge < -0.3 is 0 Å². The van der Waals surface area contributed by atoms with E-state index in [1.807, 2.05) is 0 Å². The Morgan fingerprint density at radius 2 is 1.89 bits per heavy atom. The molecule has 0 spiro atoms. The first-order chi connectivity index (χ1) is 4.22. The SMILES string of the molecule is CCC(C)C(C)CC#N. The Hall–Kier alpha value is -0.510. The minimum Gasteiger partial charge on any atom is -0.198 e. The monoisotopic (exact) mass is 125 g/mol. The van der Waals surface area contributed by atoms with Crippen LogP contribution in [-0.2, 0) is 0 Å². The van der Waals surface area contributed by atoms with E-state index in [1.54, 1.807) is 0 Å². The van der Waals surface area contributed by atoms with E-state index in [9.17, 15) is 0 Å². The summed E-state index contributed by atoms with van der Waals surface area (Å²) < 4.78 is 0. The molecule has 0 aromatic rings. The summed E-state index contributed by atoms with van der Waals surface area (Å²) in [5.41, 5.74) is 0. The van der Waals surface area contributed by atoms with Crippen LogP contribution in [0, 0.1) is 23.2 Å². The van der Waals surface area contributed by atoms with E-state index in [0.29, 0.717) is 18.3 Å². The molecule has 0 heterocycles. The summed E-state index contributed by atoms with van der Waals surface area (Å²) in [7, 11) is 0. The molecule has 0 fully saturated rings. The maximum Gasteiger partial charge on any atom is 0.0624 e. The Balaban J connectivity index is 3.48. The van der Waals surface area contributed by atoms with Gasteiger partial charge in [0, 0.05) is 6.42 Å². The number of hydrogen-bond acceptors (Lipinski definition) is 1. The molecule has 0 N–H and O–H groups in total. The van der Waals surface area contributed by atoms with Gasteiger partial charge in [0.05, 0.1) is 6.07 Å². The van der Waals surface area contributed by atoms with Crippen molar-refractivity contribution < 1.29 is 0 Å². The average Bonchev–Trinajstić information content (AvgIpc) is 1.87. The van der Waals surface area contributed by atoms with Crippen LogP contribution in [0.4, 0.5) is 0 Å². The maximum absolute atomic E-state index is 8.33. The summed E-state index contributed by atoms with van der Waals surface area (Å²) >= 11 is 0. The highest BCUT2D eigenvalue weighted by Crippen LogP contribution is 2.16. The Kier molecular flexibility index (Phi) is 4.13. The molecule has 0 radical (unpaired) electrons. The van der Waals surface area contributed by atoms with E-state index in [-0.39, 0.29) is 0 Å². The van der Waals surface area contributed by atoms with Crippen molar-refractivity contribution in [3.05, 3.63) is 0 Å². The Morgan fingerprint density at radius 1 is 1.33 bits per heavy atom. The van der Waals surface area contributed by atoms with E-state index in [4.69, 9.17) is 5.26 Å². The van der Waals surface area contributed by atoms with Crippen molar-refractivity contribution in [3.8, 4) is 6.07 Å².